The number of anilines is 2. The monoisotopic (exact) mass is 429 g/mol. The van der Waals surface area contributed by atoms with E-state index in [1.807, 2.05) is 24.3 Å². The van der Waals surface area contributed by atoms with Gasteiger partial charge in [-0.2, -0.15) is 0 Å². The fourth-order valence-electron chi connectivity index (χ4n) is 3.56. The predicted molar refractivity (Wildman–Crippen MR) is 121 cm³/mol. The molecule has 2 aromatic carbocycles. The molecule has 0 heterocycles. The van der Waals surface area contributed by atoms with Crippen molar-refractivity contribution in [3.05, 3.63) is 58.1 Å². The van der Waals surface area contributed by atoms with E-state index in [1.54, 1.807) is 12.1 Å². The molecule has 0 aromatic heterocycles. The van der Waals surface area contributed by atoms with E-state index in [0.29, 0.717) is 11.8 Å². The normalized spacial score (nSPS) is 14.2. The molecule has 2 aromatic rings. The quantitative estimate of drug-likeness (QED) is 0.419. The van der Waals surface area contributed by atoms with Crippen LogP contribution in [0, 0.1) is 10.1 Å². The number of ether oxygens (including phenoxy) is 1. The molecular formula is C22H27N3O4S. The second kappa shape index (κ2) is 10.9. The first-order valence-corrected chi connectivity index (χ1v) is 11.3. The third kappa shape index (κ3) is 6.38. The molecule has 8 heteroatoms. The molecule has 1 aliphatic rings. The van der Waals surface area contributed by atoms with E-state index in [4.69, 9.17) is 4.74 Å². The minimum atomic E-state index is -0.466. The molecule has 0 spiro atoms. The van der Waals surface area contributed by atoms with Gasteiger partial charge >= 0.3 is 5.69 Å². The number of amides is 1. The number of benzene rings is 2. The lowest BCUT2D eigenvalue weighted by atomic mass is 9.95. The van der Waals surface area contributed by atoms with E-state index in [-0.39, 0.29) is 23.1 Å². The summed E-state index contributed by atoms with van der Waals surface area (Å²) in [6.07, 6.45) is 6.33. The largest absolute Gasteiger partial charge is 0.490 e. The topological polar surface area (TPSA) is 93.5 Å². The molecule has 0 aliphatic heterocycles. The number of nitrogens with zero attached hydrogens (tertiary/aromatic N) is 1. The lowest BCUT2D eigenvalue weighted by Gasteiger charge is -2.23. The Bertz CT molecular complexity index is 867. The highest BCUT2D eigenvalue weighted by molar-refractivity contribution is 7.99. The standard InChI is InChI=1S/C22H27N3O4S/c1-29-21-12-7-16(13-20(21)25(27)28)14-30-15-22(26)24-19-10-8-18(9-11-19)23-17-5-3-2-4-6-17/h7-13,17,23H,2-6,14-15H2,1H3,(H,24,26). The van der Waals surface area contributed by atoms with Crippen molar-refractivity contribution >= 4 is 34.7 Å². The van der Waals surface area contributed by atoms with Gasteiger partial charge in [0, 0.05) is 29.2 Å². The predicted octanol–water partition coefficient (Wildman–Crippen LogP) is 5.22. The molecule has 0 saturated heterocycles. The van der Waals surface area contributed by atoms with Crippen LogP contribution in [0.1, 0.15) is 37.7 Å². The van der Waals surface area contributed by atoms with Crippen LogP contribution in [0.4, 0.5) is 17.1 Å². The van der Waals surface area contributed by atoms with Crippen molar-refractivity contribution in [1.29, 1.82) is 0 Å². The second-order valence-corrected chi connectivity index (χ2v) is 8.35. The number of nitro benzene ring substituents is 1. The van der Waals surface area contributed by atoms with Gasteiger partial charge in [0.1, 0.15) is 0 Å². The summed E-state index contributed by atoms with van der Waals surface area (Å²) in [6.45, 7) is 0. The molecule has 7 nitrogen and oxygen atoms in total. The SMILES string of the molecule is COc1ccc(CSCC(=O)Nc2ccc(NC3CCCCC3)cc2)cc1[N+](=O)[O-]. The van der Waals surface area contributed by atoms with E-state index >= 15 is 0 Å². The highest BCUT2D eigenvalue weighted by Crippen LogP contribution is 2.29. The maximum Gasteiger partial charge on any atom is 0.311 e. The molecular weight excluding hydrogens is 402 g/mol. The third-order valence-corrected chi connectivity index (χ3v) is 6.09. The number of nitro groups is 1. The first-order valence-electron chi connectivity index (χ1n) is 10.1. The van der Waals surface area contributed by atoms with Gasteiger partial charge in [-0.1, -0.05) is 25.3 Å². The van der Waals surface area contributed by atoms with E-state index in [9.17, 15) is 14.9 Å². The third-order valence-electron chi connectivity index (χ3n) is 5.09. The zero-order chi connectivity index (χ0) is 21.3. The molecule has 3 rings (SSSR count). The average molecular weight is 430 g/mol. The lowest BCUT2D eigenvalue weighted by Crippen LogP contribution is -2.22. The van der Waals surface area contributed by atoms with Crippen molar-refractivity contribution in [3.8, 4) is 5.75 Å². The fourth-order valence-corrected chi connectivity index (χ4v) is 4.33. The molecule has 0 atom stereocenters. The summed E-state index contributed by atoms with van der Waals surface area (Å²) in [7, 11) is 1.40. The van der Waals surface area contributed by atoms with Gasteiger partial charge in [0.25, 0.3) is 0 Å². The number of nitrogens with one attached hydrogen (secondary N) is 2. The molecule has 0 radical (unpaired) electrons. The molecule has 2 N–H and O–H groups in total. The highest BCUT2D eigenvalue weighted by atomic mass is 32.2. The molecule has 1 amide bonds. The van der Waals surface area contributed by atoms with E-state index in [2.05, 4.69) is 10.6 Å². The summed E-state index contributed by atoms with van der Waals surface area (Å²) in [5.41, 5.74) is 2.55. The van der Waals surface area contributed by atoms with Crippen molar-refractivity contribution in [2.75, 3.05) is 23.5 Å². The van der Waals surface area contributed by atoms with Crippen molar-refractivity contribution in [1.82, 2.24) is 0 Å². The average Bonchev–Trinajstić information content (AvgIpc) is 2.75. The van der Waals surface area contributed by atoms with Gasteiger partial charge in [-0.15, -0.1) is 11.8 Å². The summed E-state index contributed by atoms with van der Waals surface area (Å²) in [6, 6.07) is 13.2. The van der Waals surface area contributed by atoms with Crippen LogP contribution in [-0.4, -0.2) is 29.7 Å². The van der Waals surface area contributed by atoms with Crippen LogP contribution in [0.2, 0.25) is 0 Å². The van der Waals surface area contributed by atoms with Crippen molar-refractivity contribution in [3.63, 3.8) is 0 Å². The van der Waals surface area contributed by atoms with Gasteiger partial charge in [0.05, 0.1) is 17.8 Å². The van der Waals surface area contributed by atoms with E-state index in [0.717, 1.165) is 16.9 Å². The lowest BCUT2D eigenvalue weighted by molar-refractivity contribution is -0.385. The Hall–Kier alpha value is -2.74. The summed E-state index contributed by atoms with van der Waals surface area (Å²) in [5, 5.41) is 17.6. The molecule has 0 bridgehead atoms. The summed E-state index contributed by atoms with van der Waals surface area (Å²) < 4.78 is 5.00. The number of hydrogen-bond acceptors (Lipinski definition) is 6. The summed E-state index contributed by atoms with van der Waals surface area (Å²) >= 11 is 1.41. The number of methoxy groups -OCH3 is 1. The number of carbonyl (C=O) groups is 1. The molecule has 1 saturated carbocycles. The minimum absolute atomic E-state index is 0.0676. The number of carbonyl (C=O) groups excluding carboxylic acids is 1. The van der Waals surface area contributed by atoms with Gasteiger partial charge in [-0.25, -0.2) is 0 Å². The van der Waals surface area contributed by atoms with Crippen LogP contribution in [-0.2, 0) is 10.5 Å². The number of hydrogen-bond donors (Lipinski definition) is 2. The van der Waals surface area contributed by atoms with Crippen LogP contribution in [0.5, 0.6) is 5.75 Å². The van der Waals surface area contributed by atoms with Gasteiger partial charge in [-0.05, 0) is 48.7 Å². The zero-order valence-electron chi connectivity index (χ0n) is 17.1. The maximum atomic E-state index is 12.2. The highest BCUT2D eigenvalue weighted by Gasteiger charge is 2.15. The Morgan fingerprint density at radius 3 is 2.50 bits per heavy atom. The number of thioether (sulfide) groups is 1. The summed E-state index contributed by atoms with van der Waals surface area (Å²) in [5.74, 6) is 0.897. The van der Waals surface area contributed by atoms with Crippen LogP contribution >= 0.6 is 11.8 Å². The maximum absolute atomic E-state index is 12.2. The van der Waals surface area contributed by atoms with Crippen molar-refractivity contribution in [2.24, 2.45) is 0 Å². The van der Waals surface area contributed by atoms with E-state index in [1.165, 1.54) is 57.0 Å². The smallest absolute Gasteiger partial charge is 0.311 e. The molecule has 160 valence electrons. The molecule has 1 aliphatic carbocycles. The Balaban J connectivity index is 1.44. The van der Waals surface area contributed by atoms with Crippen LogP contribution < -0.4 is 15.4 Å². The Labute approximate surface area is 180 Å². The first-order chi connectivity index (χ1) is 14.5. The van der Waals surface area contributed by atoms with Crippen molar-refractivity contribution < 1.29 is 14.5 Å². The second-order valence-electron chi connectivity index (χ2n) is 7.36. The van der Waals surface area contributed by atoms with Crippen LogP contribution in [0.25, 0.3) is 0 Å². The van der Waals surface area contributed by atoms with Crippen LogP contribution in [0.15, 0.2) is 42.5 Å². The Morgan fingerprint density at radius 2 is 1.83 bits per heavy atom. The Morgan fingerprint density at radius 1 is 1.13 bits per heavy atom. The van der Waals surface area contributed by atoms with Crippen LogP contribution in [0.3, 0.4) is 0 Å². The van der Waals surface area contributed by atoms with Gasteiger partial charge in [-0.3, -0.25) is 14.9 Å². The molecule has 1 fully saturated rings. The molecule has 0 unspecified atom stereocenters. The number of rotatable bonds is 9. The Kier molecular flexibility index (Phi) is 7.96. The fraction of sp³-hybridized carbons (Fsp3) is 0.409. The zero-order valence-corrected chi connectivity index (χ0v) is 17.9. The minimum Gasteiger partial charge on any atom is -0.490 e. The molecule has 30 heavy (non-hydrogen) atoms. The van der Waals surface area contributed by atoms with Gasteiger partial charge in [0.2, 0.25) is 5.91 Å². The van der Waals surface area contributed by atoms with E-state index < -0.39 is 4.92 Å². The van der Waals surface area contributed by atoms with Gasteiger partial charge < -0.3 is 15.4 Å². The van der Waals surface area contributed by atoms with Crippen molar-refractivity contribution in [2.45, 2.75) is 43.9 Å². The van der Waals surface area contributed by atoms with Gasteiger partial charge in [0.15, 0.2) is 5.75 Å². The first kappa shape index (κ1) is 22.0. The summed E-state index contributed by atoms with van der Waals surface area (Å²) in [4.78, 5) is 22.8.